The molecule has 0 aromatic carbocycles. The smallest absolute Gasteiger partial charge is 0.223 e. The average Bonchev–Trinajstić information content (AvgIpc) is 3.05. The van der Waals surface area contributed by atoms with E-state index in [0.717, 1.165) is 12.8 Å². The first kappa shape index (κ1) is 11.9. The fourth-order valence-corrected chi connectivity index (χ4v) is 1.54. The van der Waals surface area contributed by atoms with Crippen molar-refractivity contribution in [1.29, 1.82) is 0 Å². The van der Waals surface area contributed by atoms with Crippen LogP contribution in [0, 0.1) is 11.8 Å². The molecule has 0 heterocycles. The summed E-state index contributed by atoms with van der Waals surface area (Å²) in [5, 5.41) is 6.34. The van der Waals surface area contributed by atoms with Gasteiger partial charge < -0.3 is 5.32 Å². The van der Waals surface area contributed by atoms with Crippen LogP contribution in [0.3, 0.4) is 0 Å². The number of azide groups is 1. The van der Waals surface area contributed by atoms with Gasteiger partial charge in [0.05, 0.1) is 0 Å². The van der Waals surface area contributed by atoms with Gasteiger partial charge in [0.25, 0.3) is 0 Å². The van der Waals surface area contributed by atoms with Crippen LogP contribution in [0.2, 0.25) is 0 Å². The molecule has 0 aliphatic heterocycles. The van der Waals surface area contributed by atoms with E-state index in [0.29, 0.717) is 19.0 Å². The summed E-state index contributed by atoms with van der Waals surface area (Å²) in [7, 11) is 0. The Bertz CT molecular complexity index is 256. The predicted octanol–water partition coefficient (Wildman–Crippen LogP) is 2.24. The number of hydrogen-bond acceptors (Lipinski definition) is 2. The van der Waals surface area contributed by atoms with Crippen LogP contribution in [0.25, 0.3) is 10.4 Å². The molecule has 1 fully saturated rings. The third-order valence-electron chi connectivity index (χ3n) is 2.79. The van der Waals surface area contributed by atoms with Crippen LogP contribution in [0.5, 0.6) is 0 Å². The SMILES string of the molecule is CC(C(=O)NCCCCN=[N+]=[N-])C1CC1. The summed E-state index contributed by atoms with van der Waals surface area (Å²) in [5.74, 6) is 0.955. The number of carbonyl (C=O) groups excluding carboxylic acids is 1. The maximum atomic E-state index is 11.5. The average molecular weight is 210 g/mol. The van der Waals surface area contributed by atoms with E-state index in [2.05, 4.69) is 15.3 Å². The van der Waals surface area contributed by atoms with E-state index in [9.17, 15) is 4.79 Å². The van der Waals surface area contributed by atoms with Crippen molar-refractivity contribution in [1.82, 2.24) is 5.32 Å². The molecule has 1 aliphatic rings. The highest BCUT2D eigenvalue weighted by Crippen LogP contribution is 2.36. The molecule has 0 spiro atoms. The number of nitrogens with one attached hydrogen (secondary N) is 1. The number of carbonyl (C=O) groups is 1. The van der Waals surface area contributed by atoms with E-state index in [1.807, 2.05) is 6.92 Å². The van der Waals surface area contributed by atoms with E-state index in [4.69, 9.17) is 5.53 Å². The number of rotatable bonds is 7. The molecular weight excluding hydrogens is 192 g/mol. The van der Waals surface area contributed by atoms with Gasteiger partial charge in [0.15, 0.2) is 0 Å². The molecule has 1 N–H and O–H groups in total. The molecule has 84 valence electrons. The molecule has 5 nitrogen and oxygen atoms in total. The lowest BCUT2D eigenvalue weighted by atomic mass is 10.1. The van der Waals surface area contributed by atoms with E-state index in [1.165, 1.54) is 12.8 Å². The Labute approximate surface area is 89.9 Å². The first-order chi connectivity index (χ1) is 7.25. The van der Waals surface area contributed by atoms with Crippen molar-refractivity contribution in [3.8, 4) is 0 Å². The van der Waals surface area contributed by atoms with Crippen LogP contribution in [0.1, 0.15) is 32.6 Å². The summed E-state index contributed by atoms with van der Waals surface area (Å²) >= 11 is 0. The minimum atomic E-state index is 0.168. The van der Waals surface area contributed by atoms with Crippen molar-refractivity contribution in [2.24, 2.45) is 17.0 Å². The number of nitrogens with zero attached hydrogens (tertiary/aromatic N) is 3. The molecule has 0 aromatic rings. The third-order valence-corrected chi connectivity index (χ3v) is 2.79. The van der Waals surface area contributed by atoms with Crippen molar-refractivity contribution in [2.45, 2.75) is 32.6 Å². The van der Waals surface area contributed by atoms with Crippen molar-refractivity contribution in [3.63, 3.8) is 0 Å². The van der Waals surface area contributed by atoms with Crippen LogP contribution in [-0.2, 0) is 4.79 Å². The Balaban J connectivity index is 1.98. The van der Waals surface area contributed by atoms with Gasteiger partial charge >= 0.3 is 0 Å². The molecule has 1 aliphatic carbocycles. The number of amides is 1. The summed E-state index contributed by atoms with van der Waals surface area (Å²) in [6, 6.07) is 0. The Morgan fingerprint density at radius 3 is 2.93 bits per heavy atom. The van der Waals surface area contributed by atoms with Gasteiger partial charge in [-0.25, -0.2) is 0 Å². The lowest BCUT2D eigenvalue weighted by molar-refractivity contribution is -0.125. The van der Waals surface area contributed by atoms with Crippen LogP contribution in [0.4, 0.5) is 0 Å². The highest BCUT2D eigenvalue weighted by Gasteiger charge is 2.32. The van der Waals surface area contributed by atoms with Gasteiger partial charge in [-0.1, -0.05) is 12.0 Å². The maximum absolute atomic E-state index is 11.5. The third kappa shape index (κ3) is 4.70. The zero-order chi connectivity index (χ0) is 11.1. The Morgan fingerprint density at radius 1 is 1.60 bits per heavy atom. The quantitative estimate of drug-likeness (QED) is 0.297. The van der Waals surface area contributed by atoms with Gasteiger partial charge in [-0.3, -0.25) is 4.79 Å². The number of unbranched alkanes of at least 4 members (excludes halogenated alkanes) is 1. The second kappa shape index (κ2) is 6.30. The predicted molar refractivity (Wildman–Crippen MR) is 58.1 cm³/mol. The maximum Gasteiger partial charge on any atom is 0.223 e. The molecule has 0 bridgehead atoms. The van der Waals surface area contributed by atoms with Crippen LogP contribution in [0.15, 0.2) is 5.11 Å². The normalized spacial score (nSPS) is 16.6. The molecule has 0 aromatic heterocycles. The molecule has 1 rings (SSSR count). The van der Waals surface area contributed by atoms with Gasteiger partial charge in [0, 0.05) is 23.9 Å². The summed E-state index contributed by atoms with van der Waals surface area (Å²) in [6.07, 6.45) is 4.11. The lowest BCUT2D eigenvalue weighted by Gasteiger charge is -2.10. The summed E-state index contributed by atoms with van der Waals surface area (Å²) in [5.41, 5.74) is 8.04. The molecule has 0 saturated heterocycles. The summed E-state index contributed by atoms with van der Waals surface area (Å²) < 4.78 is 0. The topological polar surface area (TPSA) is 77.9 Å². The monoisotopic (exact) mass is 210 g/mol. The molecule has 1 saturated carbocycles. The molecule has 5 heteroatoms. The highest BCUT2D eigenvalue weighted by molar-refractivity contribution is 5.78. The Hall–Kier alpha value is -1.22. The van der Waals surface area contributed by atoms with Gasteiger partial charge in [0.1, 0.15) is 0 Å². The van der Waals surface area contributed by atoms with Gasteiger partial charge in [-0.15, -0.1) is 0 Å². The van der Waals surface area contributed by atoms with Crippen LogP contribution in [-0.4, -0.2) is 19.0 Å². The second-order valence-electron chi connectivity index (χ2n) is 4.08. The summed E-state index contributed by atoms with van der Waals surface area (Å²) in [6.45, 7) is 3.20. The minimum absolute atomic E-state index is 0.168. The van der Waals surface area contributed by atoms with Crippen molar-refractivity contribution >= 4 is 5.91 Å². The first-order valence-corrected chi connectivity index (χ1v) is 5.54. The molecule has 1 amide bonds. The van der Waals surface area contributed by atoms with Crippen molar-refractivity contribution in [3.05, 3.63) is 10.4 Å². The van der Waals surface area contributed by atoms with E-state index in [1.54, 1.807) is 0 Å². The van der Waals surface area contributed by atoms with E-state index < -0.39 is 0 Å². The Kier molecular flexibility index (Phi) is 4.98. The molecule has 1 atom stereocenters. The van der Waals surface area contributed by atoms with Crippen LogP contribution < -0.4 is 5.32 Å². The molecule has 1 unspecified atom stereocenters. The fraction of sp³-hybridized carbons (Fsp3) is 0.900. The van der Waals surface area contributed by atoms with Gasteiger partial charge in [-0.05, 0) is 37.1 Å². The zero-order valence-electron chi connectivity index (χ0n) is 9.15. The first-order valence-electron chi connectivity index (χ1n) is 5.54. The van der Waals surface area contributed by atoms with Crippen molar-refractivity contribution < 1.29 is 4.79 Å². The largest absolute Gasteiger partial charge is 0.356 e. The standard InChI is InChI=1S/C10H18N4O/c1-8(9-4-5-9)10(15)12-6-2-3-7-13-14-11/h8-9H,2-7H2,1H3,(H,12,15). The Morgan fingerprint density at radius 2 is 2.33 bits per heavy atom. The summed E-state index contributed by atoms with van der Waals surface area (Å²) in [4.78, 5) is 14.2. The molecule has 15 heavy (non-hydrogen) atoms. The van der Waals surface area contributed by atoms with Crippen molar-refractivity contribution in [2.75, 3.05) is 13.1 Å². The minimum Gasteiger partial charge on any atom is -0.356 e. The molecule has 0 radical (unpaired) electrons. The van der Waals surface area contributed by atoms with E-state index in [-0.39, 0.29) is 11.8 Å². The lowest BCUT2D eigenvalue weighted by Crippen LogP contribution is -2.31. The van der Waals surface area contributed by atoms with Gasteiger partial charge in [-0.2, -0.15) is 0 Å². The zero-order valence-corrected chi connectivity index (χ0v) is 9.15. The van der Waals surface area contributed by atoms with E-state index >= 15 is 0 Å². The van der Waals surface area contributed by atoms with Gasteiger partial charge in [0.2, 0.25) is 5.91 Å². The number of hydrogen-bond donors (Lipinski definition) is 1. The second-order valence-corrected chi connectivity index (χ2v) is 4.08. The van der Waals surface area contributed by atoms with Crippen LogP contribution >= 0.6 is 0 Å². The highest BCUT2D eigenvalue weighted by atomic mass is 16.1. The molecular formula is C10H18N4O. The fourth-order valence-electron chi connectivity index (χ4n) is 1.54.